The van der Waals surface area contributed by atoms with Crippen LogP contribution in [0.25, 0.3) is 0 Å². The Morgan fingerprint density at radius 1 is 1.12 bits per heavy atom. The lowest BCUT2D eigenvalue weighted by Gasteiger charge is -2.55. The first kappa shape index (κ1) is 29.1. The van der Waals surface area contributed by atoms with Crippen LogP contribution in [0.15, 0.2) is 54.6 Å². The van der Waals surface area contributed by atoms with Gasteiger partial charge in [0, 0.05) is 13.1 Å². The van der Waals surface area contributed by atoms with Gasteiger partial charge in [0.05, 0.1) is 32.8 Å². The number of carbonyl (C=O) groups excluding carboxylic acids is 3. The van der Waals surface area contributed by atoms with Crippen LogP contribution >= 0.6 is 0 Å². The second kappa shape index (κ2) is 13.4. The van der Waals surface area contributed by atoms with Crippen molar-refractivity contribution in [3.8, 4) is 12.3 Å². The fourth-order valence-electron chi connectivity index (χ4n) is 5.11. The molecule has 2 aliphatic heterocycles. The standard InChI is InChI=1S/C30H36FN5O4/c1-4-14-34-20-28(37)35-26(17-22(2)3)29(38)33(15-16-40-21-24-10-12-25(31)13-11-24)19-27(35)36(34)30(39)32-18-23-8-6-5-7-9-23/h1,5-13,22,26-27H,14-21H2,2-3H3,(H,32,39)/t26-,27-/m0/s1. The average molecular weight is 550 g/mol. The van der Waals surface area contributed by atoms with Crippen molar-refractivity contribution in [1.29, 1.82) is 0 Å². The van der Waals surface area contributed by atoms with Crippen molar-refractivity contribution in [1.82, 2.24) is 25.1 Å². The fourth-order valence-corrected chi connectivity index (χ4v) is 5.11. The molecule has 0 unspecified atom stereocenters. The average Bonchev–Trinajstić information content (AvgIpc) is 2.93. The first-order valence-corrected chi connectivity index (χ1v) is 13.5. The number of rotatable bonds is 10. The Morgan fingerprint density at radius 3 is 2.52 bits per heavy atom. The van der Waals surface area contributed by atoms with Crippen molar-refractivity contribution in [2.24, 2.45) is 5.92 Å². The normalized spacial score (nSPS) is 19.5. The Morgan fingerprint density at radius 2 is 1.85 bits per heavy atom. The summed E-state index contributed by atoms with van der Waals surface area (Å²) in [6.45, 7) is 5.19. The molecular formula is C30H36FN5O4. The number of terminal acetylenes is 1. The van der Waals surface area contributed by atoms with E-state index in [0.29, 0.717) is 13.0 Å². The third kappa shape index (κ3) is 6.97. The molecule has 4 amide bonds. The molecule has 0 saturated carbocycles. The molecule has 10 heteroatoms. The summed E-state index contributed by atoms with van der Waals surface area (Å²) in [5, 5.41) is 6.01. The summed E-state index contributed by atoms with van der Waals surface area (Å²) in [5.74, 6) is 1.96. The number of amides is 4. The van der Waals surface area contributed by atoms with E-state index in [2.05, 4.69) is 11.2 Å². The van der Waals surface area contributed by atoms with Gasteiger partial charge in [-0.25, -0.2) is 14.2 Å². The van der Waals surface area contributed by atoms with E-state index < -0.39 is 18.2 Å². The zero-order valence-corrected chi connectivity index (χ0v) is 23.0. The van der Waals surface area contributed by atoms with Crippen LogP contribution in [0.3, 0.4) is 0 Å². The molecule has 4 rings (SSSR count). The van der Waals surface area contributed by atoms with Gasteiger partial charge in [-0.2, -0.15) is 5.01 Å². The number of fused-ring (bicyclic) bond motifs is 1. The summed E-state index contributed by atoms with van der Waals surface area (Å²) < 4.78 is 19.0. The predicted octanol–water partition coefficient (Wildman–Crippen LogP) is 2.83. The molecule has 2 aromatic carbocycles. The van der Waals surface area contributed by atoms with Gasteiger partial charge in [-0.3, -0.25) is 9.59 Å². The minimum Gasteiger partial charge on any atom is -0.375 e. The van der Waals surface area contributed by atoms with Crippen molar-refractivity contribution >= 4 is 17.8 Å². The van der Waals surface area contributed by atoms with Gasteiger partial charge in [-0.15, -0.1) is 6.42 Å². The number of ether oxygens (including phenoxy) is 1. The molecule has 2 atom stereocenters. The van der Waals surface area contributed by atoms with Gasteiger partial charge in [0.1, 0.15) is 18.0 Å². The molecule has 0 radical (unpaired) electrons. The molecule has 2 heterocycles. The molecule has 0 aromatic heterocycles. The second-order valence-electron chi connectivity index (χ2n) is 10.4. The number of nitrogens with one attached hydrogen (secondary N) is 1. The molecule has 0 spiro atoms. The van der Waals surface area contributed by atoms with E-state index >= 15 is 0 Å². The summed E-state index contributed by atoms with van der Waals surface area (Å²) in [6.07, 6.45) is 5.35. The molecule has 9 nitrogen and oxygen atoms in total. The smallest absolute Gasteiger partial charge is 0.334 e. The Balaban J connectivity index is 1.52. The van der Waals surface area contributed by atoms with Crippen molar-refractivity contribution in [3.63, 3.8) is 0 Å². The van der Waals surface area contributed by atoms with Crippen molar-refractivity contribution < 1.29 is 23.5 Å². The van der Waals surface area contributed by atoms with Crippen LogP contribution < -0.4 is 5.32 Å². The van der Waals surface area contributed by atoms with E-state index in [-0.39, 0.29) is 62.9 Å². The van der Waals surface area contributed by atoms with Gasteiger partial charge < -0.3 is 19.9 Å². The Kier molecular flexibility index (Phi) is 9.74. The van der Waals surface area contributed by atoms with Crippen molar-refractivity contribution in [3.05, 3.63) is 71.5 Å². The van der Waals surface area contributed by atoms with Gasteiger partial charge >= 0.3 is 6.03 Å². The quantitative estimate of drug-likeness (QED) is 0.364. The van der Waals surface area contributed by atoms with Crippen LogP contribution in [0.5, 0.6) is 0 Å². The van der Waals surface area contributed by atoms with E-state index in [1.54, 1.807) is 26.9 Å². The number of hydrogen-bond acceptors (Lipinski definition) is 5. The van der Waals surface area contributed by atoms with Crippen LogP contribution in [-0.4, -0.2) is 82.7 Å². The zero-order chi connectivity index (χ0) is 28.6. The number of carbonyl (C=O) groups is 3. The highest BCUT2D eigenvalue weighted by molar-refractivity contribution is 5.91. The predicted molar refractivity (Wildman–Crippen MR) is 147 cm³/mol. The van der Waals surface area contributed by atoms with Crippen LogP contribution in [-0.2, 0) is 27.5 Å². The number of benzene rings is 2. The molecule has 0 bridgehead atoms. The largest absolute Gasteiger partial charge is 0.375 e. The van der Waals surface area contributed by atoms with E-state index in [1.165, 1.54) is 17.1 Å². The fraction of sp³-hybridized carbons (Fsp3) is 0.433. The lowest BCUT2D eigenvalue weighted by Crippen LogP contribution is -2.76. The number of halogens is 1. The van der Waals surface area contributed by atoms with E-state index in [1.807, 2.05) is 44.2 Å². The molecular weight excluding hydrogens is 513 g/mol. The number of urea groups is 1. The van der Waals surface area contributed by atoms with Gasteiger partial charge in [-0.05, 0) is 35.6 Å². The summed E-state index contributed by atoms with van der Waals surface area (Å²) in [7, 11) is 0. The molecule has 1 N–H and O–H groups in total. The zero-order valence-electron chi connectivity index (χ0n) is 23.0. The number of piperazine rings is 1. The third-order valence-corrected chi connectivity index (χ3v) is 6.98. The van der Waals surface area contributed by atoms with Crippen LogP contribution in [0, 0.1) is 24.1 Å². The van der Waals surface area contributed by atoms with E-state index in [9.17, 15) is 18.8 Å². The molecule has 2 aromatic rings. The highest BCUT2D eigenvalue weighted by Crippen LogP contribution is 2.29. The summed E-state index contributed by atoms with van der Waals surface area (Å²) in [4.78, 5) is 43.8. The van der Waals surface area contributed by atoms with Crippen molar-refractivity contribution in [2.45, 2.75) is 45.6 Å². The topological polar surface area (TPSA) is 85.4 Å². The van der Waals surface area contributed by atoms with Crippen molar-refractivity contribution in [2.75, 3.05) is 32.8 Å². The van der Waals surface area contributed by atoms with Crippen LogP contribution in [0.4, 0.5) is 9.18 Å². The minimum atomic E-state index is -0.719. The van der Waals surface area contributed by atoms with Crippen LogP contribution in [0.1, 0.15) is 31.4 Å². The molecule has 2 fully saturated rings. The summed E-state index contributed by atoms with van der Waals surface area (Å²) in [5.41, 5.74) is 1.75. The Labute approximate surface area is 234 Å². The monoisotopic (exact) mass is 549 g/mol. The molecule has 2 aliphatic rings. The summed E-state index contributed by atoms with van der Waals surface area (Å²) >= 11 is 0. The molecule has 212 valence electrons. The molecule has 0 aliphatic carbocycles. The highest BCUT2D eigenvalue weighted by atomic mass is 19.1. The minimum absolute atomic E-state index is 0.0679. The second-order valence-corrected chi connectivity index (χ2v) is 10.4. The number of nitrogens with zero attached hydrogens (tertiary/aromatic N) is 4. The lowest BCUT2D eigenvalue weighted by molar-refractivity contribution is -0.190. The SMILES string of the molecule is C#CCN1CC(=O)N2[C@@H](CC(C)C)C(=O)N(CCOCc3ccc(F)cc3)C[C@@H]2N1C(=O)NCc1ccccc1. The van der Waals surface area contributed by atoms with Gasteiger partial charge in [0.2, 0.25) is 11.8 Å². The Hall–Kier alpha value is -3.94. The number of hydrogen-bond donors (Lipinski definition) is 1. The van der Waals surface area contributed by atoms with E-state index in [4.69, 9.17) is 11.2 Å². The third-order valence-electron chi connectivity index (χ3n) is 6.98. The summed E-state index contributed by atoms with van der Waals surface area (Å²) in [6, 6.07) is 14.5. The first-order chi connectivity index (χ1) is 19.3. The van der Waals surface area contributed by atoms with Gasteiger partial charge in [0.15, 0.2) is 0 Å². The maximum Gasteiger partial charge on any atom is 0.334 e. The maximum atomic E-state index is 13.6. The highest BCUT2D eigenvalue weighted by Gasteiger charge is 2.51. The Bertz CT molecular complexity index is 1220. The van der Waals surface area contributed by atoms with Gasteiger partial charge in [0.25, 0.3) is 0 Å². The molecule has 2 saturated heterocycles. The number of hydrazine groups is 1. The maximum absolute atomic E-state index is 13.6. The van der Waals surface area contributed by atoms with E-state index in [0.717, 1.165) is 11.1 Å². The lowest BCUT2D eigenvalue weighted by atomic mass is 9.97. The first-order valence-electron chi connectivity index (χ1n) is 13.5. The van der Waals surface area contributed by atoms with Crippen LogP contribution in [0.2, 0.25) is 0 Å². The van der Waals surface area contributed by atoms with Gasteiger partial charge in [-0.1, -0.05) is 62.2 Å². The molecule has 40 heavy (non-hydrogen) atoms.